The second kappa shape index (κ2) is 7.31. The van der Waals surface area contributed by atoms with Gasteiger partial charge in [0.2, 0.25) is 5.91 Å². The minimum Gasteiger partial charge on any atom is -0.325 e. The first-order valence-electron chi connectivity index (χ1n) is 6.62. The average molecular weight is 373 g/mol. The van der Waals surface area contributed by atoms with Crippen LogP contribution in [0.3, 0.4) is 0 Å². The van der Waals surface area contributed by atoms with E-state index in [2.05, 4.69) is 5.32 Å². The van der Waals surface area contributed by atoms with Gasteiger partial charge in [-0.15, -0.1) is 0 Å². The molecule has 0 bridgehead atoms. The van der Waals surface area contributed by atoms with Gasteiger partial charge >= 0.3 is 0 Å². The lowest BCUT2D eigenvalue weighted by Crippen LogP contribution is -2.37. The van der Waals surface area contributed by atoms with Gasteiger partial charge in [0.05, 0.1) is 11.1 Å². The maximum absolute atomic E-state index is 12.1. The van der Waals surface area contributed by atoms with Gasteiger partial charge in [0.25, 0.3) is 9.05 Å². The van der Waals surface area contributed by atoms with Crippen molar-refractivity contribution in [1.82, 2.24) is 0 Å². The Morgan fingerprint density at radius 3 is 2.39 bits per heavy atom. The van der Waals surface area contributed by atoms with Gasteiger partial charge in [-0.25, -0.2) is 8.42 Å². The molecule has 5 nitrogen and oxygen atoms in total. The molecule has 0 radical (unpaired) electrons. The average Bonchev–Trinajstić information content (AvgIpc) is 2.47. The standard InChI is InChI=1S/C15H14Cl2N2O3S/c16-12-9-11(6-7-14(12)23(17,21)22)19-15(20)13(18)8-10-4-2-1-3-5-10/h1-7,9,13H,8,18H2,(H,19,20)/t13-/m0/s1. The van der Waals surface area contributed by atoms with Crippen LogP contribution in [-0.4, -0.2) is 20.4 Å². The largest absolute Gasteiger partial charge is 0.325 e. The fraction of sp³-hybridized carbons (Fsp3) is 0.133. The molecule has 0 saturated heterocycles. The Morgan fingerprint density at radius 2 is 1.83 bits per heavy atom. The minimum atomic E-state index is -3.93. The van der Waals surface area contributed by atoms with E-state index in [4.69, 9.17) is 28.0 Å². The third-order valence-electron chi connectivity index (χ3n) is 3.10. The SMILES string of the molecule is N[C@@H](Cc1ccccc1)C(=O)Nc1ccc(S(=O)(=O)Cl)c(Cl)c1. The summed E-state index contributed by atoms with van der Waals surface area (Å²) in [5, 5.41) is 2.52. The summed E-state index contributed by atoms with van der Waals surface area (Å²) in [6.45, 7) is 0. The molecular formula is C15H14Cl2N2O3S. The zero-order valence-corrected chi connectivity index (χ0v) is 14.2. The molecule has 0 aliphatic rings. The van der Waals surface area contributed by atoms with E-state index in [1.807, 2.05) is 30.3 Å². The number of amides is 1. The molecule has 0 aliphatic carbocycles. The molecule has 1 atom stereocenters. The van der Waals surface area contributed by atoms with Crippen molar-refractivity contribution in [2.24, 2.45) is 5.73 Å². The molecule has 0 aromatic heterocycles. The number of nitrogens with two attached hydrogens (primary N) is 1. The molecule has 122 valence electrons. The first kappa shape index (κ1) is 17.7. The summed E-state index contributed by atoms with van der Waals surface area (Å²) in [5.41, 5.74) is 7.15. The van der Waals surface area contributed by atoms with Gasteiger partial charge in [-0.2, -0.15) is 0 Å². The van der Waals surface area contributed by atoms with Gasteiger partial charge in [0.15, 0.2) is 0 Å². The molecule has 0 fully saturated rings. The van der Waals surface area contributed by atoms with Crippen molar-refractivity contribution in [2.45, 2.75) is 17.4 Å². The van der Waals surface area contributed by atoms with Gasteiger partial charge in [0, 0.05) is 16.4 Å². The van der Waals surface area contributed by atoms with Crippen LogP contribution >= 0.6 is 22.3 Å². The highest BCUT2D eigenvalue weighted by Gasteiger charge is 2.17. The molecular weight excluding hydrogens is 359 g/mol. The van der Waals surface area contributed by atoms with E-state index in [1.165, 1.54) is 18.2 Å². The van der Waals surface area contributed by atoms with E-state index in [9.17, 15) is 13.2 Å². The number of hydrogen-bond acceptors (Lipinski definition) is 4. The molecule has 0 aliphatic heterocycles. The molecule has 0 heterocycles. The molecule has 1 amide bonds. The topological polar surface area (TPSA) is 89.3 Å². The van der Waals surface area contributed by atoms with Crippen molar-refractivity contribution in [3.63, 3.8) is 0 Å². The summed E-state index contributed by atoms with van der Waals surface area (Å²) in [6.07, 6.45) is 0.383. The molecule has 0 spiro atoms. The van der Waals surface area contributed by atoms with Crippen molar-refractivity contribution >= 4 is 42.9 Å². The van der Waals surface area contributed by atoms with Crippen molar-refractivity contribution in [2.75, 3.05) is 5.32 Å². The third-order valence-corrected chi connectivity index (χ3v) is 4.90. The monoisotopic (exact) mass is 372 g/mol. The lowest BCUT2D eigenvalue weighted by atomic mass is 10.1. The van der Waals surface area contributed by atoms with E-state index in [0.717, 1.165) is 5.56 Å². The lowest BCUT2D eigenvalue weighted by Gasteiger charge is -2.13. The minimum absolute atomic E-state index is 0.0746. The highest BCUT2D eigenvalue weighted by Crippen LogP contribution is 2.27. The van der Waals surface area contributed by atoms with Crippen LogP contribution in [0.25, 0.3) is 0 Å². The Balaban J connectivity index is 2.07. The molecule has 2 aromatic rings. The maximum Gasteiger partial charge on any atom is 0.262 e. The van der Waals surface area contributed by atoms with Crippen LogP contribution in [-0.2, 0) is 20.3 Å². The fourth-order valence-corrected chi connectivity index (χ4v) is 3.50. The van der Waals surface area contributed by atoms with Crippen molar-refractivity contribution in [3.8, 4) is 0 Å². The molecule has 0 unspecified atom stereocenters. The molecule has 23 heavy (non-hydrogen) atoms. The number of benzene rings is 2. The zero-order chi connectivity index (χ0) is 17.0. The Bertz CT molecular complexity index is 811. The lowest BCUT2D eigenvalue weighted by molar-refractivity contribution is -0.117. The summed E-state index contributed by atoms with van der Waals surface area (Å²) in [7, 11) is 1.31. The van der Waals surface area contributed by atoms with E-state index < -0.39 is 21.0 Å². The van der Waals surface area contributed by atoms with E-state index in [-0.39, 0.29) is 9.92 Å². The molecule has 3 N–H and O–H groups in total. The van der Waals surface area contributed by atoms with Gasteiger partial charge < -0.3 is 11.1 Å². The normalized spacial score (nSPS) is 12.7. The molecule has 8 heteroatoms. The Labute approximate surface area is 143 Å². The predicted octanol–water partition coefficient (Wildman–Crippen LogP) is 2.78. The summed E-state index contributed by atoms with van der Waals surface area (Å²) >= 11 is 5.86. The molecule has 2 rings (SSSR count). The highest BCUT2D eigenvalue weighted by atomic mass is 35.7. The molecule has 0 saturated carbocycles. The van der Waals surface area contributed by atoms with Crippen LogP contribution in [0.2, 0.25) is 5.02 Å². The van der Waals surface area contributed by atoms with E-state index in [0.29, 0.717) is 12.1 Å². The van der Waals surface area contributed by atoms with Crippen LogP contribution in [0.5, 0.6) is 0 Å². The number of nitrogens with one attached hydrogen (secondary N) is 1. The number of rotatable bonds is 5. The maximum atomic E-state index is 12.1. The van der Waals surface area contributed by atoms with Crippen LogP contribution in [0.4, 0.5) is 5.69 Å². The van der Waals surface area contributed by atoms with Gasteiger partial charge in [-0.3, -0.25) is 4.79 Å². The number of anilines is 1. The number of hydrogen-bond donors (Lipinski definition) is 2. The Morgan fingerprint density at radius 1 is 1.17 bits per heavy atom. The first-order valence-corrected chi connectivity index (χ1v) is 9.30. The van der Waals surface area contributed by atoms with Crippen molar-refractivity contribution in [3.05, 3.63) is 59.1 Å². The van der Waals surface area contributed by atoms with Crippen molar-refractivity contribution in [1.29, 1.82) is 0 Å². The smallest absolute Gasteiger partial charge is 0.262 e. The van der Waals surface area contributed by atoms with Gasteiger partial charge in [0.1, 0.15) is 4.90 Å². The number of halogens is 2. The van der Waals surface area contributed by atoms with Gasteiger partial charge in [-0.05, 0) is 30.2 Å². The van der Waals surface area contributed by atoms with Crippen molar-refractivity contribution < 1.29 is 13.2 Å². The summed E-state index contributed by atoms with van der Waals surface area (Å²) in [5.74, 6) is -0.397. The Hall–Kier alpha value is -1.60. The van der Waals surface area contributed by atoms with Crippen LogP contribution in [0.15, 0.2) is 53.4 Å². The number of carbonyl (C=O) groups excluding carboxylic acids is 1. The number of carbonyl (C=O) groups is 1. The summed E-state index contributed by atoms with van der Waals surface area (Å²) in [4.78, 5) is 11.9. The van der Waals surface area contributed by atoms with Crippen LogP contribution < -0.4 is 11.1 Å². The molecule has 2 aromatic carbocycles. The summed E-state index contributed by atoms with van der Waals surface area (Å²) < 4.78 is 22.5. The van der Waals surface area contributed by atoms with Crippen LogP contribution in [0.1, 0.15) is 5.56 Å². The zero-order valence-electron chi connectivity index (χ0n) is 11.9. The fourth-order valence-electron chi connectivity index (χ4n) is 1.97. The predicted molar refractivity (Wildman–Crippen MR) is 91.2 cm³/mol. The first-order chi connectivity index (χ1) is 10.8. The second-order valence-electron chi connectivity index (χ2n) is 4.87. The summed E-state index contributed by atoms with van der Waals surface area (Å²) in [6, 6.07) is 12.6. The quantitative estimate of drug-likeness (QED) is 0.789. The second-order valence-corrected chi connectivity index (χ2v) is 7.81. The van der Waals surface area contributed by atoms with Crippen LogP contribution in [0, 0.1) is 0 Å². The highest BCUT2D eigenvalue weighted by molar-refractivity contribution is 8.13. The van der Waals surface area contributed by atoms with E-state index >= 15 is 0 Å². The third kappa shape index (κ3) is 4.94. The van der Waals surface area contributed by atoms with Gasteiger partial charge in [-0.1, -0.05) is 41.9 Å². The van der Waals surface area contributed by atoms with E-state index in [1.54, 1.807) is 0 Å². The Kier molecular flexibility index (Phi) is 5.64.